The highest BCUT2D eigenvalue weighted by Crippen LogP contribution is 2.20. The van der Waals surface area contributed by atoms with E-state index in [0.29, 0.717) is 6.04 Å². The van der Waals surface area contributed by atoms with Gasteiger partial charge in [0.05, 0.1) is 11.3 Å². The Labute approximate surface area is 90.0 Å². The molecule has 1 aromatic carbocycles. The molecule has 0 spiro atoms. The van der Waals surface area contributed by atoms with E-state index < -0.39 is 0 Å². The Morgan fingerprint density at radius 3 is 2.80 bits per heavy atom. The first-order chi connectivity index (χ1) is 7.40. The highest BCUT2D eigenvalue weighted by atomic mass is 16.3. The Morgan fingerprint density at radius 2 is 2.07 bits per heavy atom. The lowest BCUT2D eigenvalue weighted by Crippen LogP contribution is -2.36. The minimum absolute atomic E-state index is 0.304. The van der Waals surface area contributed by atoms with Crippen molar-refractivity contribution in [3.8, 4) is 0 Å². The molecule has 1 saturated heterocycles. The first-order valence-electron chi connectivity index (χ1n) is 5.54. The van der Waals surface area contributed by atoms with Gasteiger partial charge < -0.3 is 0 Å². The normalized spacial score (nSPS) is 21.3. The third-order valence-electron chi connectivity index (χ3n) is 3.02. The number of nitroso groups, excluding NO2 is 1. The highest BCUT2D eigenvalue weighted by Gasteiger charge is 2.21. The number of rotatable bonds is 3. The zero-order valence-corrected chi connectivity index (χ0v) is 8.80. The van der Waals surface area contributed by atoms with Crippen LogP contribution in [0, 0.1) is 4.91 Å². The minimum atomic E-state index is 0.304. The summed E-state index contributed by atoms with van der Waals surface area (Å²) in [6.45, 7) is 0.820. The number of hydrogen-bond acceptors (Lipinski definition) is 2. The number of benzene rings is 1. The molecule has 15 heavy (non-hydrogen) atoms. The maximum Gasteiger partial charge on any atom is 0.0542 e. The third kappa shape index (κ3) is 2.55. The summed E-state index contributed by atoms with van der Waals surface area (Å²) in [5.74, 6) is 0. The zero-order valence-electron chi connectivity index (χ0n) is 8.80. The Balaban J connectivity index is 2.00. The average molecular weight is 204 g/mol. The molecule has 0 N–H and O–H groups in total. The molecule has 1 aliphatic rings. The predicted molar refractivity (Wildman–Crippen MR) is 60.3 cm³/mol. The largest absolute Gasteiger partial charge is 0.258 e. The van der Waals surface area contributed by atoms with Crippen molar-refractivity contribution in [2.24, 2.45) is 5.29 Å². The molecule has 0 aromatic heterocycles. The average Bonchev–Trinajstić information content (AvgIpc) is 2.31. The van der Waals surface area contributed by atoms with Gasteiger partial charge in [-0.2, -0.15) is 0 Å². The fraction of sp³-hybridized carbons (Fsp3) is 0.500. The van der Waals surface area contributed by atoms with Gasteiger partial charge >= 0.3 is 0 Å². The van der Waals surface area contributed by atoms with Crippen molar-refractivity contribution < 1.29 is 0 Å². The summed E-state index contributed by atoms with van der Waals surface area (Å²) in [6.07, 6.45) is 4.33. The van der Waals surface area contributed by atoms with Crippen LogP contribution in [-0.2, 0) is 6.42 Å². The second-order valence-electron chi connectivity index (χ2n) is 4.08. The van der Waals surface area contributed by atoms with E-state index in [1.54, 1.807) is 5.01 Å². The second-order valence-corrected chi connectivity index (χ2v) is 4.08. The van der Waals surface area contributed by atoms with Gasteiger partial charge in [-0.1, -0.05) is 30.3 Å². The van der Waals surface area contributed by atoms with Crippen LogP contribution in [0.5, 0.6) is 0 Å². The van der Waals surface area contributed by atoms with Crippen molar-refractivity contribution >= 4 is 0 Å². The zero-order chi connectivity index (χ0) is 10.5. The molecule has 0 radical (unpaired) electrons. The number of piperidine rings is 1. The van der Waals surface area contributed by atoms with Gasteiger partial charge in [0.1, 0.15) is 0 Å². The molecule has 1 aliphatic heterocycles. The van der Waals surface area contributed by atoms with Gasteiger partial charge in [-0.15, -0.1) is 4.91 Å². The van der Waals surface area contributed by atoms with Crippen LogP contribution >= 0.6 is 0 Å². The van der Waals surface area contributed by atoms with E-state index in [1.165, 1.54) is 12.0 Å². The molecule has 1 aromatic rings. The van der Waals surface area contributed by atoms with Gasteiger partial charge in [0, 0.05) is 6.54 Å². The van der Waals surface area contributed by atoms with Crippen molar-refractivity contribution in [2.75, 3.05) is 6.54 Å². The molecule has 1 unspecified atom stereocenters. The summed E-state index contributed by atoms with van der Waals surface area (Å²) in [4.78, 5) is 10.6. The Bertz CT molecular complexity index is 313. The molecule has 0 aliphatic carbocycles. The smallest absolute Gasteiger partial charge is 0.0542 e. The first-order valence-corrected chi connectivity index (χ1v) is 5.54. The summed E-state index contributed by atoms with van der Waals surface area (Å²) < 4.78 is 0. The maximum atomic E-state index is 10.6. The van der Waals surface area contributed by atoms with Crippen molar-refractivity contribution in [1.82, 2.24) is 5.01 Å². The predicted octanol–water partition coefficient (Wildman–Crippen LogP) is 2.77. The van der Waals surface area contributed by atoms with Crippen LogP contribution in [-0.4, -0.2) is 17.6 Å². The van der Waals surface area contributed by atoms with Crippen LogP contribution < -0.4 is 0 Å². The summed E-state index contributed by atoms with van der Waals surface area (Å²) >= 11 is 0. The molecule has 0 bridgehead atoms. The van der Waals surface area contributed by atoms with E-state index in [2.05, 4.69) is 17.4 Å². The molecule has 0 saturated carbocycles. The lowest BCUT2D eigenvalue weighted by atomic mass is 9.97. The Kier molecular flexibility index (Phi) is 3.33. The van der Waals surface area contributed by atoms with Crippen molar-refractivity contribution in [3.63, 3.8) is 0 Å². The summed E-state index contributed by atoms with van der Waals surface area (Å²) in [7, 11) is 0. The van der Waals surface area contributed by atoms with Crippen molar-refractivity contribution in [2.45, 2.75) is 31.7 Å². The topological polar surface area (TPSA) is 32.7 Å². The molecule has 1 heterocycles. The standard InChI is InChI=1S/C12H16N2O/c15-13-14-9-5-4-8-12(14)10-11-6-2-1-3-7-11/h1-3,6-7,12H,4-5,8-10H2. The lowest BCUT2D eigenvalue weighted by molar-refractivity contribution is 0.151. The Morgan fingerprint density at radius 1 is 1.27 bits per heavy atom. The van der Waals surface area contributed by atoms with E-state index in [0.717, 1.165) is 25.8 Å². The first kappa shape index (κ1) is 10.1. The van der Waals surface area contributed by atoms with Crippen LogP contribution in [0.3, 0.4) is 0 Å². The molecule has 3 nitrogen and oxygen atoms in total. The van der Waals surface area contributed by atoms with Crippen LogP contribution in [0.15, 0.2) is 35.6 Å². The highest BCUT2D eigenvalue weighted by molar-refractivity contribution is 5.16. The summed E-state index contributed by atoms with van der Waals surface area (Å²) in [5, 5.41) is 4.81. The van der Waals surface area contributed by atoms with Crippen LogP contribution in [0.2, 0.25) is 0 Å². The van der Waals surface area contributed by atoms with Gasteiger partial charge in [-0.25, -0.2) is 0 Å². The lowest BCUT2D eigenvalue weighted by Gasteiger charge is -2.30. The SMILES string of the molecule is O=NN1CCCCC1Cc1ccccc1. The summed E-state index contributed by atoms with van der Waals surface area (Å²) in [6, 6.07) is 10.6. The molecule has 3 heteroatoms. The molecule has 2 rings (SSSR count). The summed E-state index contributed by atoms with van der Waals surface area (Å²) in [5.41, 5.74) is 1.29. The number of hydrogen-bond donors (Lipinski definition) is 0. The molecule has 80 valence electrons. The molecular formula is C12H16N2O. The quantitative estimate of drug-likeness (QED) is 0.709. The maximum absolute atomic E-state index is 10.6. The number of nitrogens with zero attached hydrogens (tertiary/aromatic N) is 2. The van der Waals surface area contributed by atoms with Crippen molar-refractivity contribution in [1.29, 1.82) is 0 Å². The molecule has 1 fully saturated rings. The minimum Gasteiger partial charge on any atom is -0.258 e. The van der Waals surface area contributed by atoms with Crippen LogP contribution in [0.4, 0.5) is 0 Å². The van der Waals surface area contributed by atoms with Crippen LogP contribution in [0.25, 0.3) is 0 Å². The third-order valence-corrected chi connectivity index (χ3v) is 3.02. The van der Waals surface area contributed by atoms with E-state index in [1.807, 2.05) is 18.2 Å². The second kappa shape index (κ2) is 4.91. The van der Waals surface area contributed by atoms with Crippen LogP contribution in [0.1, 0.15) is 24.8 Å². The molecular weight excluding hydrogens is 188 g/mol. The van der Waals surface area contributed by atoms with E-state index in [-0.39, 0.29) is 0 Å². The van der Waals surface area contributed by atoms with Gasteiger partial charge in [0.15, 0.2) is 0 Å². The molecule has 0 amide bonds. The van der Waals surface area contributed by atoms with E-state index in [9.17, 15) is 4.91 Å². The Hall–Kier alpha value is -1.38. The van der Waals surface area contributed by atoms with Gasteiger partial charge in [-0.05, 0) is 31.2 Å². The fourth-order valence-corrected chi connectivity index (χ4v) is 2.19. The van der Waals surface area contributed by atoms with E-state index >= 15 is 0 Å². The molecule has 1 atom stereocenters. The van der Waals surface area contributed by atoms with E-state index in [4.69, 9.17) is 0 Å². The van der Waals surface area contributed by atoms with Gasteiger partial charge in [-0.3, -0.25) is 5.01 Å². The van der Waals surface area contributed by atoms with Crippen molar-refractivity contribution in [3.05, 3.63) is 40.8 Å². The van der Waals surface area contributed by atoms with Gasteiger partial charge in [0.25, 0.3) is 0 Å². The monoisotopic (exact) mass is 204 g/mol. The van der Waals surface area contributed by atoms with Gasteiger partial charge in [0.2, 0.25) is 0 Å². The fourth-order valence-electron chi connectivity index (χ4n) is 2.19.